The second-order valence-electron chi connectivity index (χ2n) is 4.14. The van der Waals surface area contributed by atoms with Gasteiger partial charge >= 0.3 is 0 Å². The van der Waals surface area contributed by atoms with Crippen LogP contribution >= 0.6 is 0 Å². The van der Waals surface area contributed by atoms with E-state index in [4.69, 9.17) is 0 Å². The molecule has 84 valence electrons. The Morgan fingerprint density at radius 3 is 2.81 bits per heavy atom. The largest absolute Gasteiger partial charge is 0.373 e. The molecular formula is C13H16N2O. The number of ketones is 1. The molecule has 0 atom stereocenters. The molecule has 0 radical (unpaired) electrons. The molecule has 1 aromatic heterocycles. The van der Waals surface area contributed by atoms with Crippen molar-refractivity contribution in [1.82, 2.24) is 4.98 Å². The molecule has 3 nitrogen and oxygen atoms in total. The molecule has 0 saturated heterocycles. The van der Waals surface area contributed by atoms with Gasteiger partial charge in [-0.1, -0.05) is 12.2 Å². The van der Waals surface area contributed by atoms with E-state index in [2.05, 4.69) is 22.5 Å². The summed E-state index contributed by atoms with van der Waals surface area (Å²) in [5.74, 6) is 1.51. The van der Waals surface area contributed by atoms with E-state index in [1.807, 2.05) is 13.1 Å². The Kier molecular flexibility index (Phi) is 3.04. The quantitative estimate of drug-likeness (QED) is 0.787. The van der Waals surface area contributed by atoms with E-state index in [9.17, 15) is 4.79 Å². The number of allylic oxidation sites excluding steroid dienone is 1. The van der Waals surface area contributed by atoms with Crippen LogP contribution in [0.2, 0.25) is 0 Å². The lowest BCUT2D eigenvalue weighted by molar-refractivity contribution is 0.101. The predicted molar refractivity (Wildman–Crippen MR) is 65.5 cm³/mol. The molecule has 16 heavy (non-hydrogen) atoms. The SMILES string of the molecule is CNc1nc(C(C)=O)ccc1/C=C/C1CC1. The fourth-order valence-corrected chi connectivity index (χ4v) is 1.53. The van der Waals surface area contributed by atoms with Crippen molar-refractivity contribution < 1.29 is 4.79 Å². The molecule has 3 heteroatoms. The summed E-state index contributed by atoms with van der Waals surface area (Å²) in [7, 11) is 1.82. The van der Waals surface area contributed by atoms with Crippen molar-refractivity contribution in [3.8, 4) is 0 Å². The highest BCUT2D eigenvalue weighted by Crippen LogP contribution is 2.31. The van der Waals surface area contributed by atoms with Crippen molar-refractivity contribution >= 4 is 17.7 Å². The first-order valence-electron chi connectivity index (χ1n) is 5.58. The molecule has 0 bridgehead atoms. The number of nitrogens with zero attached hydrogens (tertiary/aromatic N) is 1. The molecule has 1 N–H and O–H groups in total. The molecular weight excluding hydrogens is 200 g/mol. The van der Waals surface area contributed by atoms with Crippen LogP contribution in [0.25, 0.3) is 6.08 Å². The Balaban J connectivity index is 2.26. The molecule has 1 aromatic rings. The van der Waals surface area contributed by atoms with Crippen LogP contribution in [0.5, 0.6) is 0 Å². The van der Waals surface area contributed by atoms with Crippen LogP contribution in [0.1, 0.15) is 35.8 Å². The molecule has 0 spiro atoms. The Hall–Kier alpha value is -1.64. The van der Waals surface area contributed by atoms with E-state index < -0.39 is 0 Å². The zero-order valence-electron chi connectivity index (χ0n) is 9.66. The number of Topliss-reactive ketones (excluding diaryl/α,β-unsaturated/α-hetero) is 1. The van der Waals surface area contributed by atoms with E-state index >= 15 is 0 Å². The molecule has 2 rings (SSSR count). The van der Waals surface area contributed by atoms with Crippen molar-refractivity contribution in [3.63, 3.8) is 0 Å². The second-order valence-corrected chi connectivity index (χ2v) is 4.14. The molecule has 0 aliphatic heterocycles. The summed E-state index contributed by atoms with van der Waals surface area (Å²) in [6.45, 7) is 1.53. The molecule has 1 aliphatic carbocycles. The third kappa shape index (κ3) is 2.48. The highest BCUT2D eigenvalue weighted by Gasteiger charge is 2.17. The summed E-state index contributed by atoms with van der Waals surface area (Å²) in [4.78, 5) is 15.5. The normalized spacial score (nSPS) is 15.4. The van der Waals surface area contributed by atoms with Crippen molar-refractivity contribution in [2.45, 2.75) is 19.8 Å². The van der Waals surface area contributed by atoms with E-state index in [1.165, 1.54) is 19.8 Å². The van der Waals surface area contributed by atoms with E-state index in [1.54, 1.807) is 6.07 Å². The lowest BCUT2D eigenvalue weighted by atomic mass is 10.1. The van der Waals surface area contributed by atoms with Crippen molar-refractivity contribution in [1.29, 1.82) is 0 Å². The summed E-state index contributed by atoms with van der Waals surface area (Å²) in [5, 5.41) is 3.02. The van der Waals surface area contributed by atoms with Crippen LogP contribution in [-0.2, 0) is 0 Å². The lowest BCUT2D eigenvalue weighted by Crippen LogP contribution is -2.02. The average Bonchev–Trinajstić information content (AvgIpc) is 3.09. The minimum absolute atomic E-state index is 0.00535. The van der Waals surface area contributed by atoms with Crippen molar-refractivity contribution in [3.05, 3.63) is 29.5 Å². The Morgan fingerprint density at radius 2 is 2.25 bits per heavy atom. The number of aromatic nitrogens is 1. The fourth-order valence-electron chi connectivity index (χ4n) is 1.53. The molecule has 0 aromatic carbocycles. The van der Waals surface area contributed by atoms with Crippen molar-refractivity contribution in [2.75, 3.05) is 12.4 Å². The minimum Gasteiger partial charge on any atom is -0.373 e. The number of carbonyl (C=O) groups excluding carboxylic acids is 1. The standard InChI is InChI=1S/C13H16N2O/c1-9(16)12-8-7-11(13(14-2)15-12)6-5-10-3-4-10/h5-8,10H,3-4H2,1-2H3,(H,14,15)/b6-5+. The first kappa shape index (κ1) is 10.9. The van der Waals surface area contributed by atoms with Gasteiger partial charge in [0.05, 0.1) is 0 Å². The molecule has 0 amide bonds. The maximum Gasteiger partial charge on any atom is 0.178 e. The van der Waals surface area contributed by atoms with Gasteiger partial charge in [-0.05, 0) is 30.9 Å². The van der Waals surface area contributed by atoms with E-state index in [0.717, 1.165) is 17.3 Å². The number of nitrogens with one attached hydrogen (secondary N) is 1. The lowest BCUT2D eigenvalue weighted by Gasteiger charge is -2.05. The number of pyridine rings is 1. The molecule has 0 unspecified atom stereocenters. The van der Waals surface area contributed by atoms with Crippen LogP contribution in [0.3, 0.4) is 0 Å². The van der Waals surface area contributed by atoms with Crippen LogP contribution in [-0.4, -0.2) is 17.8 Å². The summed E-state index contributed by atoms with van der Waals surface area (Å²) in [5.41, 5.74) is 1.55. The number of rotatable bonds is 4. The Labute approximate surface area is 95.6 Å². The van der Waals surface area contributed by atoms with Gasteiger partial charge in [-0.2, -0.15) is 0 Å². The maximum absolute atomic E-state index is 11.2. The Bertz CT molecular complexity index is 434. The zero-order valence-corrected chi connectivity index (χ0v) is 9.66. The average molecular weight is 216 g/mol. The second kappa shape index (κ2) is 4.47. The first-order chi connectivity index (χ1) is 7.70. The number of carbonyl (C=O) groups is 1. The summed E-state index contributed by atoms with van der Waals surface area (Å²) in [6.07, 6.45) is 6.89. The molecule has 1 saturated carbocycles. The van der Waals surface area contributed by atoms with Crippen LogP contribution in [0.15, 0.2) is 18.2 Å². The zero-order chi connectivity index (χ0) is 11.5. The third-order valence-corrected chi connectivity index (χ3v) is 2.69. The fraction of sp³-hybridized carbons (Fsp3) is 0.385. The van der Waals surface area contributed by atoms with E-state index in [0.29, 0.717) is 5.69 Å². The molecule has 1 aliphatic rings. The summed E-state index contributed by atoms with van der Waals surface area (Å²) in [6, 6.07) is 3.71. The Morgan fingerprint density at radius 1 is 1.50 bits per heavy atom. The number of anilines is 1. The summed E-state index contributed by atoms with van der Waals surface area (Å²) < 4.78 is 0. The minimum atomic E-state index is -0.00535. The topological polar surface area (TPSA) is 42.0 Å². The van der Waals surface area contributed by atoms with Gasteiger partial charge in [-0.15, -0.1) is 0 Å². The highest BCUT2D eigenvalue weighted by atomic mass is 16.1. The molecule has 1 heterocycles. The first-order valence-corrected chi connectivity index (χ1v) is 5.58. The van der Waals surface area contributed by atoms with Crippen LogP contribution in [0, 0.1) is 5.92 Å². The van der Waals surface area contributed by atoms with Gasteiger partial charge in [0.15, 0.2) is 5.78 Å². The maximum atomic E-state index is 11.2. The molecule has 1 fully saturated rings. The monoisotopic (exact) mass is 216 g/mol. The van der Waals surface area contributed by atoms with Gasteiger partial charge in [0.25, 0.3) is 0 Å². The van der Waals surface area contributed by atoms with Gasteiger partial charge < -0.3 is 5.32 Å². The van der Waals surface area contributed by atoms with Gasteiger partial charge in [-0.25, -0.2) is 4.98 Å². The van der Waals surface area contributed by atoms with Gasteiger partial charge in [0, 0.05) is 19.5 Å². The van der Waals surface area contributed by atoms with Gasteiger partial charge in [-0.3, -0.25) is 4.79 Å². The number of hydrogen-bond acceptors (Lipinski definition) is 3. The summed E-state index contributed by atoms with van der Waals surface area (Å²) >= 11 is 0. The van der Waals surface area contributed by atoms with Crippen LogP contribution in [0.4, 0.5) is 5.82 Å². The van der Waals surface area contributed by atoms with Crippen molar-refractivity contribution in [2.24, 2.45) is 5.92 Å². The smallest absolute Gasteiger partial charge is 0.178 e. The van der Waals surface area contributed by atoms with Crippen LogP contribution < -0.4 is 5.32 Å². The van der Waals surface area contributed by atoms with Gasteiger partial charge in [0.2, 0.25) is 0 Å². The van der Waals surface area contributed by atoms with E-state index in [-0.39, 0.29) is 5.78 Å². The van der Waals surface area contributed by atoms with Gasteiger partial charge in [0.1, 0.15) is 11.5 Å². The third-order valence-electron chi connectivity index (χ3n) is 2.69. The predicted octanol–water partition coefficient (Wildman–Crippen LogP) is 2.75. The highest BCUT2D eigenvalue weighted by molar-refractivity contribution is 5.92. The number of hydrogen-bond donors (Lipinski definition) is 1.